The Bertz CT molecular complexity index is 1230. The van der Waals surface area contributed by atoms with E-state index < -0.39 is 23.0 Å². The molecule has 31 heavy (non-hydrogen) atoms. The minimum Gasteiger partial charge on any atom is -0.318 e. The maximum Gasteiger partial charge on any atom is 0.441 e. The van der Waals surface area contributed by atoms with Crippen LogP contribution in [0.2, 0.25) is 10.0 Å². The first-order valence-corrected chi connectivity index (χ1v) is 10.3. The molecule has 1 N–H and O–H groups in total. The van der Waals surface area contributed by atoms with Crippen molar-refractivity contribution in [2.45, 2.75) is 20.0 Å². The smallest absolute Gasteiger partial charge is 0.318 e. The zero-order chi connectivity index (χ0) is 22.7. The lowest BCUT2D eigenvalue weighted by Gasteiger charge is -2.20. The van der Waals surface area contributed by atoms with E-state index in [9.17, 15) is 18.0 Å². The van der Waals surface area contributed by atoms with Gasteiger partial charge < -0.3 is 4.57 Å². The number of aryl methyl sites for hydroxylation is 1. The molecule has 0 bridgehead atoms. The number of rotatable bonds is 2. The highest BCUT2D eigenvalue weighted by Gasteiger charge is 2.46. The summed E-state index contributed by atoms with van der Waals surface area (Å²) >= 11 is 12.4. The van der Waals surface area contributed by atoms with Gasteiger partial charge >= 0.3 is 6.18 Å². The zero-order valence-electron chi connectivity index (χ0n) is 15.9. The maximum atomic E-state index is 13.0. The standard InChI is InChI=1S/C19H12Cl2F3N5OS/c1-8-3-10(9(2)28(8)13-6-11(20)5-12(21)7-13)4-14-15(25)29-18(26-16(14)30)31-17(27-29)19(22,23)24/h3-7,25H,1-2H3/b14-4-,25-15?. The first-order chi connectivity index (χ1) is 14.5. The van der Waals surface area contributed by atoms with Gasteiger partial charge in [0.25, 0.3) is 5.91 Å². The van der Waals surface area contributed by atoms with Crippen molar-refractivity contribution in [2.75, 3.05) is 0 Å². The lowest BCUT2D eigenvalue weighted by molar-refractivity contribution is -0.114. The molecule has 0 unspecified atom stereocenters. The fourth-order valence-corrected chi connectivity index (χ4v) is 4.53. The average molecular weight is 486 g/mol. The normalized spacial score (nSPS) is 17.9. The third kappa shape index (κ3) is 3.90. The van der Waals surface area contributed by atoms with Gasteiger partial charge in [-0.1, -0.05) is 23.2 Å². The van der Waals surface area contributed by atoms with Crippen molar-refractivity contribution < 1.29 is 18.0 Å². The molecule has 1 aromatic heterocycles. The van der Waals surface area contributed by atoms with E-state index >= 15 is 0 Å². The molecule has 2 aromatic rings. The number of halogens is 5. The first kappa shape index (κ1) is 21.7. The Morgan fingerprint density at radius 1 is 1.13 bits per heavy atom. The van der Waals surface area contributed by atoms with Crippen LogP contribution in [0.25, 0.3) is 11.8 Å². The van der Waals surface area contributed by atoms with Gasteiger partial charge in [-0.2, -0.15) is 28.3 Å². The number of hydrazone groups is 1. The highest BCUT2D eigenvalue weighted by Crippen LogP contribution is 2.35. The molecule has 0 saturated heterocycles. The molecule has 1 aromatic carbocycles. The van der Waals surface area contributed by atoms with Gasteiger partial charge in [-0.3, -0.25) is 10.2 Å². The zero-order valence-corrected chi connectivity index (χ0v) is 18.2. The minimum absolute atomic E-state index is 0.166. The average Bonchev–Trinajstić information content (AvgIpc) is 3.19. The van der Waals surface area contributed by atoms with Crippen molar-refractivity contribution in [2.24, 2.45) is 10.1 Å². The van der Waals surface area contributed by atoms with Gasteiger partial charge in [-0.05, 0) is 61.5 Å². The number of hydrogen-bond acceptors (Lipinski definition) is 4. The number of benzene rings is 1. The van der Waals surface area contributed by atoms with Gasteiger partial charge in [0.1, 0.15) is 0 Å². The molecular formula is C19H12Cl2F3N5OS. The van der Waals surface area contributed by atoms with Gasteiger partial charge in [0.05, 0.1) is 5.57 Å². The Morgan fingerprint density at radius 3 is 2.39 bits per heavy atom. The number of fused-ring (bicyclic) bond motifs is 1. The van der Waals surface area contributed by atoms with Gasteiger partial charge in [0.2, 0.25) is 10.2 Å². The predicted octanol–water partition coefficient (Wildman–Crippen LogP) is 5.58. The number of amidine groups is 2. The number of carbonyl (C=O) groups is 1. The first-order valence-electron chi connectivity index (χ1n) is 8.68. The fraction of sp³-hybridized carbons (Fsp3) is 0.158. The summed E-state index contributed by atoms with van der Waals surface area (Å²) in [5.41, 5.74) is 2.65. The summed E-state index contributed by atoms with van der Waals surface area (Å²) in [7, 11) is 0. The lowest BCUT2D eigenvalue weighted by atomic mass is 10.1. The van der Waals surface area contributed by atoms with Crippen LogP contribution < -0.4 is 0 Å². The van der Waals surface area contributed by atoms with E-state index in [1.54, 1.807) is 31.2 Å². The summed E-state index contributed by atoms with van der Waals surface area (Å²) in [4.78, 5) is 16.1. The molecule has 12 heteroatoms. The van der Waals surface area contributed by atoms with E-state index in [0.717, 1.165) is 10.7 Å². The Morgan fingerprint density at radius 2 is 1.77 bits per heavy atom. The lowest BCUT2D eigenvalue weighted by Crippen LogP contribution is -2.35. The van der Waals surface area contributed by atoms with Crippen LogP contribution in [0.1, 0.15) is 17.0 Å². The van der Waals surface area contributed by atoms with Crippen LogP contribution in [0.5, 0.6) is 0 Å². The third-order valence-electron chi connectivity index (χ3n) is 4.57. The topological polar surface area (TPSA) is 73.8 Å². The van der Waals surface area contributed by atoms with Crippen LogP contribution in [0.15, 0.2) is 39.9 Å². The summed E-state index contributed by atoms with van der Waals surface area (Å²) in [5, 5.41) is 11.8. The van der Waals surface area contributed by atoms with Crippen LogP contribution >= 0.6 is 35.0 Å². The Balaban J connectivity index is 1.76. The second-order valence-corrected chi connectivity index (χ2v) is 8.54. The molecule has 0 aliphatic carbocycles. The molecule has 0 spiro atoms. The van der Waals surface area contributed by atoms with Crippen molar-refractivity contribution >= 4 is 63.0 Å². The molecule has 0 fully saturated rings. The molecule has 3 heterocycles. The molecule has 4 rings (SSSR count). The summed E-state index contributed by atoms with van der Waals surface area (Å²) < 4.78 is 40.7. The van der Waals surface area contributed by atoms with E-state index in [4.69, 9.17) is 28.6 Å². The Hall–Kier alpha value is -2.56. The molecule has 1 amide bonds. The van der Waals surface area contributed by atoms with Gasteiger partial charge in [-0.15, -0.1) is 0 Å². The summed E-state index contributed by atoms with van der Waals surface area (Å²) in [6.07, 6.45) is -3.28. The molecule has 2 aliphatic heterocycles. The monoisotopic (exact) mass is 485 g/mol. The number of nitrogens with one attached hydrogen (secondary N) is 1. The predicted molar refractivity (Wildman–Crippen MR) is 116 cm³/mol. The largest absolute Gasteiger partial charge is 0.441 e. The second-order valence-electron chi connectivity index (χ2n) is 6.71. The number of aromatic nitrogens is 1. The minimum atomic E-state index is -4.69. The van der Waals surface area contributed by atoms with E-state index in [2.05, 4.69) is 10.1 Å². The molecule has 0 atom stereocenters. The molecule has 160 valence electrons. The quantitative estimate of drug-likeness (QED) is 0.564. The highest BCUT2D eigenvalue weighted by atomic mass is 35.5. The number of aliphatic imine (C=N–C) groups is 1. The van der Waals surface area contributed by atoms with Crippen molar-refractivity contribution in [3.63, 3.8) is 0 Å². The van der Waals surface area contributed by atoms with Crippen molar-refractivity contribution in [1.29, 1.82) is 5.41 Å². The SMILES string of the molecule is Cc1cc(/C=C2/C(=N)N3N=C(C(F)(F)F)SC3=NC2=O)c(C)n1-c1cc(Cl)cc(Cl)c1. The molecule has 6 nitrogen and oxygen atoms in total. The van der Waals surface area contributed by atoms with Crippen LogP contribution in [0.3, 0.4) is 0 Å². The number of carbonyl (C=O) groups excluding carboxylic acids is 1. The highest BCUT2D eigenvalue weighted by molar-refractivity contribution is 8.27. The van der Waals surface area contributed by atoms with E-state index in [1.165, 1.54) is 6.08 Å². The maximum absolute atomic E-state index is 13.0. The third-order valence-corrected chi connectivity index (χ3v) is 5.96. The van der Waals surface area contributed by atoms with Crippen molar-refractivity contribution in [1.82, 2.24) is 9.58 Å². The molecule has 0 radical (unpaired) electrons. The van der Waals surface area contributed by atoms with E-state index in [1.807, 2.05) is 11.5 Å². The van der Waals surface area contributed by atoms with Crippen molar-refractivity contribution in [3.05, 3.63) is 56.8 Å². The molecular weight excluding hydrogens is 474 g/mol. The van der Waals surface area contributed by atoms with Gasteiger partial charge in [0, 0.05) is 27.1 Å². The fourth-order valence-electron chi connectivity index (χ4n) is 3.26. The van der Waals surface area contributed by atoms with Crippen LogP contribution in [0, 0.1) is 19.3 Å². The number of amides is 1. The summed E-state index contributed by atoms with van der Waals surface area (Å²) in [5.74, 6) is -1.28. The molecule has 0 saturated carbocycles. The summed E-state index contributed by atoms with van der Waals surface area (Å²) in [6, 6.07) is 6.83. The van der Waals surface area contributed by atoms with E-state index in [0.29, 0.717) is 27.0 Å². The van der Waals surface area contributed by atoms with Crippen molar-refractivity contribution in [3.8, 4) is 5.69 Å². The molecule has 2 aliphatic rings. The van der Waals surface area contributed by atoms with E-state index in [-0.39, 0.29) is 22.5 Å². The van der Waals surface area contributed by atoms with Gasteiger partial charge in [-0.25, -0.2) is 0 Å². The van der Waals surface area contributed by atoms with Gasteiger partial charge in [0.15, 0.2) is 5.84 Å². The Labute approximate surface area is 188 Å². The van der Waals surface area contributed by atoms with Crippen LogP contribution in [-0.2, 0) is 4.79 Å². The van der Waals surface area contributed by atoms with Crippen LogP contribution in [0.4, 0.5) is 13.2 Å². The second kappa shape index (κ2) is 7.54. The Kier molecular flexibility index (Phi) is 5.27. The number of alkyl halides is 3. The number of nitrogens with zero attached hydrogens (tertiary/aromatic N) is 4. The number of hydrogen-bond donors (Lipinski definition) is 1. The summed E-state index contributed by atoms with van der Waals surface area (Å²) in [6.45, 7) is 3.64. The van der Waals surface area contributed by atoms with Crippen LogP contribution in [-0.4, -0.2) is 37.7 Å². The number of thioether (sulfide) groups is 1.